The number of rotatable bonds is 4. The highest BCUT2D eigenvalue weighted by Crippen LogP contribution is 2.31. The van der Waals surface area contributed by atoms with Gasteiger partial charge < -0.3 is 4.90 Å². The monoisotopic (exact) mass is 406 g/mol. The SMILES string of the molecule is CC1=NCc2c(C)nc(CCN3CCN(c4cccc(C(F)(F)F)c4)CC3)n2N1. The predicted octanol–water partition coefficient (Wildman–Crippen LogP) is 3.05. The van der Waals surface area contributed by atoms with Crippen molar-refractivity contribution < 1.29 is 13.2 Å². The molecule has 1 fully saturated rings. The first kappa shape index (κ1) is 19.8. The number of amidine groups is 1. The number of halogens is 3. The Morgan fingerprint density at radius 1 is 1.10 bits per heavy atom. The van der Waals surface area contributed by atoms with Gasteiger partial charge in [-0.1, -0.05) is 6.07 Å². The summed E-state index contributed by atoms with van der Waals surface area (Å²) in [5.74, 6) is 1.87. The van der Waals surface area contributed by atoms with E-state index in [9.17, 15) is 13.2 Å². The maximum atomic E-state index is 13.0. The molecule has 0 unspecified atom stereocenters. The number of alkyl halides is 3. The van der Waals surface area contributed by atoms with Crippen molar-refractivity contribution in [3.05, 3.63) is 47.0 Å². The molecule has 0 radical (unpaired) electrons. The molecule has 1 saturated heterocycles. The zero-order valence-corrected chi connectivity index (χ0v) is 16.6. The van der Waals surface area contributed by atoms with Crippen LogP contribution in [0.3, 0.4) is 0 Å². The molecular formula is C20H25F3N6. The Balaban J connectivity index is 1.34. The zero-order chi connectivity index (χ0) is 20.6. The average Bonchev–Trinajstić information content (AvgIpc) is 3.01. The predicted molar refractivity (Wildman–Crippen MR) is 107 cm³/mol. The summed E-state index contributed by atoms with van der Waals surface area (Å²) in [6.45, 7) is 8.51. The Labute approximate surface area is 168 Å². The Morgan fingerprint density at radius 2 is 1.86 bits per heavy atom. The van der Waals surface area contributed by atoms with Crippen LogP contribution in [0.25, 0.3) is 0 Å². The summed E-state index contributed by atoms with van der Waals surface area (Å²) in [7, 11) is 0. The molecule has 2 aliphatic heterocycles. The summed E-state index contributed by atoms with van der Waals surface area (Å²) in [6, 6.07) is 5.59. The second kappa shape index (κ2) is 7.70. The van der Waals surface area contributed by atoms with E-state index in [1.165, 1.54) is 12.1 Å². The number of nitrogens with zero attached hydrogens (tertiary/aromatic N) is 5. The Bertz CT molecular complexity index is 909. The fourth-order valence-corrected chi connectivity index (χ4v) is 3.87. The number of aryl methyl sites for hydroxylation is 1. The molecule has 4 rings (SSSR count). The van der Waals surface area contributed by atoms with Crippen LogP contribution >= 0.6 is 0 Å². The van der Waals surface area contributed by atoms with Gasteiger partial charge in [-0.15, -0.1) is 0 Å². The first-order chi connectivity index (χ1) is 13.8. The molecule has 2 aliphatic rings. The lowest BCUT2D eigenvalue weighted by atomic mass is 10.1. The van der Waals surface area contributed by atoms with Crippen molar-refractivity contribution >= 4 is 11.5 Å². The third-order valence-corrected chi connectivity index (χ3v) is 5.54. The normalized spacial score (nSPS) is 17.7. The van der Waals surface area contributed by atoms with E-state index in [1.54, 1.807) is 6.07 Å². The first-order valence-corrected chi connectivity index (χ1v) is 9.81. The van der Waals surface area contributed by atoms with E-state index in [1.807, 2.05) is 23.4 Å². The molecule has 3 heterocycles. The van der Waals surface area contributed by atoms with Crippen molar-refractivity contribution in [2.45, 2.75) is 33.0 Å². The Kier molecular flexibility index (Phi) is 5.24. The van der Waals surface area contributed by atoms with Crippen molar-refractivity contribution in [2.24, 2.45) is 4.99 Å². The zero-order valence-electron chi connectivity index (χ0n) is 16.6. The molecule has 1 aromatic carbocycles. The van der Waals surface area contributed by atoms with Crippen molar-refractivity contribution in [1.82, 2.24) is 14.6 Å². The van der Waals surface area contributed by atoms with E-state index in [2.05, 4.69) is 20.3 Å². The average molecular weight is 406 g/mol. The number of fused-ring (bicyclic) bond motifs is 1. The van der Waals surface area contributed by atoms with Crippen molar-refractivity contribution in [1.29, 1.82) is 0 Å². The lowest BCUT2D eigenvalue weighted by Gasteiger charge is -2.36. The van der Waals surface area contributed by atoms with E-state index in [0.29, 0.717) is 25.3 Å². The molecule has 0 atom stereocenters. The first-order valence-electron chi connectivity index (χ1n) is 9.81. The van der Waals surface area contributed by atoms with E-state index >= 15 is 0 Å². The Morgan fingerprint density at radius 3 is 2.59 bits per heavy atom. The molecule has 0 amide bonds. The maximum Gasteiger partial charge on any atom is 0.416 e. The van der Waals surface area contributed by atoms with Gasteiger partial charge in [0.25, 0.3) is 0 Å². The van der Waals surface area contributed by atoms with Gasteiger partial charge in [-0.25, -0.2) is 9.66 Å². The van der Waals surface area contributed by atoms with Crippen LogP contribution in [-0.4, -0.2) is 53.1 Å². The molecule has 0 spiro atoms. The van der Waals surface area contributed by atoms with E-state index in [0.717, 1.165) is 55.2 Å². The van der Waals surface area contributed by atoms with Gasteiger partial charge in [0.15, 0.2) is 0 Å². The van der Waals surface area contributed by atoms with Crippen LogP contribution in [0.15, 0.2) is 29.3 Å². The quantitative estimate of drug-likeness (QED) is 0.848. The van der Waals surface area contributed by atoms with Gasteiger partial charge in [-0.2, -0.15) is 13.2 Å². The van der Waals surface area contributed by atoms with Gasteiger partial charge in [0.2, 0.25) is 0 Å². The van der Waals surface area contributed by atoms with E-state index in [-0.39, 0.29) is 0 Å². The van der Waals surface area contributed by atoms with Crippen LogP contribution < -0.4 is 10.3 Å². The molecule has 29 heavy (non-hydrogen) atoms. The van der Waals surface area contributed by atoms with Gasteiger partial charge in [-0.3, -0.25) is 15.3 Å². The highest BCUT2D eigenvalue weighted by molar-refractivity contribution is 5.87. The maximum absolute atomic E-state index is 13.0. The number of piperazine rings is 1. The van der Waals surface area contributed by atoms with E-state index < -0.39 is 11.7 Å². The van der Waals surface area contributed by atoms with Crippen LogP contribution in [0, 0.1) is 6.92 Å². The van der Waals surface area contributed by atoms with Crippen LogP contribution in [0.2, 0.25) is 0 Å². The fourth-order valence-electron chi connectivity index (χ4n) is 3.87. The van der Waals surface area contributed by atoms with Crippen LogP contribution in [0.5, 0.6) is 0 Å². The molecule has 2 aromatic rings. The second-order valence-electron chi connectivity index (χ2n) is 7.54. The molecule has 0 aliphatic carbocycles. The van der Waals surface area contributed by atoms with Crippen molar-refractivity contribution in [3.63, 3.8) is 0 Å². The summed E-state index contributed by atoms with van der Waals surface area (Å²) >= 11 is 0. The molecule has 6 nitrogen and oxygen atoms in total. The third-order valence-electron chi connectivity index (χ3n) is 5.54. The number of benzene rings is 1. The third kappa shape index (κ3) is 4.24. The molecule has 9 heteroatoms. The smallest absolute Gasteiger partial charge is 0.369 e. The molecule has 156 valence electrons. The number of aliphatic imine (C=N–C) groups is 1. The van der Waals surface area contributed by atoms with Gasteiger partial charge in [0.1, 0.15) is 11.7 Å². The summed E-state index contributed by atoms with van der Waals surface area (Å²) in [5.41, 5.74) is 5.41. The highest BCUT2D eigenvalue weighted by atomic mass is 19.4. The number of imidazole rings is 1. The van der Waals surface area contributed by atoms with Gasteiger partial charge in [0.05, 0.1) is 23.5 Å². The number of aromatic nitrogens is 2. The second-order valence-corrected chi connectivity index (χ2v) is 7.54. The highest BCUT2D eigenvalue weighted by Gasteiger charge is 2.31. The molecule has 0 bridgehead atoms. The standard InChI is InChI=1S/C20H25F3N6/c1-14-18-13-24-15(2)26-29(18)19(25-14)6-7-27-8-10-28(11-9-27)17-5-3-4-16(12-17)20(21,22)23/h3-5,12H,6-11,13H2,1-2H3,(H,24,26). The van der Waals surface area contributed by atoms with Gasteiger partial charge in [-0.05, 0) is 32.0 Å². The lowest BCUT2D eigenvalue weighted by molar-refractivity contribution is -0.137. The van der Waals surface area contributed by atoms with Crippen molar-refractivity contribution in [2.75, 3.05) is 43.0 Å². The summed E-state index contributed by atoms with van der Waals surface area (Å²) < 4.78 is 40.9. The van der Waals surface area contributed by atoms with E-state index in [4.69, 9.17) is 0 Å². The van der Waals surface area contributed by atoms with Crippen LogP contribution in [0.1, 0.15) is 29.7 Å². The minimum Gasteiger partial charge on any atom is -0.369 e. The molecular weight excluding hydrogens is 381 g/mol. The lowest BCUT2D eigenvalue weighted by Crippen LogP contribution is -2.47. The molecule has 1 N–H and O–H groups in total. The fraction of sp³-hybridized carbons (Fsp3) is 0.500. The van der Waals surface area contributed by atoms with Crippen molar-refractivity contribution in [3.8, 4) is 0 Å². The number of nitrogens with one attached hydrogen (secondary N) is 1. The summed E-state index contributed by atoms with van der Waals surface area (Å²) in [6.07, 6.45) is -3.50. The summed E-state index contributed by atoms with van der Waals surface area (Å²) in [4.78, 5) is 13.5. The van der Waals surface area contributed by atoms with Gasteiger partial charge in [0, 0.05) is 44.8 Å². The molecule has 1 aromatic heterocycles. The minimum absolute atomic E-state index is 0.594. The summed E-state index contributed by atoms with van der Waals surface area (Å²) in [5, 5.41) is 0. The van der Waals surface area contributed by atoms with Crippen LogP contribution in [-0.2, 0) is 19.1 Å². The van der Waals surface area contributed by atoms with Crippen LogP contribution in [0.4, 0.5) is 18.9 Å². The number of hydrogen-bond donors (Lipinski definition) is 1. The largest absolute Gasteiger partial charge is 0.416 e. The Hall–Kier alpha value is -2.55. The number of anilines is 1. The molecule has 0 saturated carbocycles. The van der Waals surface area contributed by atoms with Gasteiger partial charge >= 0.3 is 6.18 Å². The number of hydrogen-bond acceptors (Lipinski definition) is 5. The topological polar surface area (TPSA) is 48.7 Å². The minimum atomic E-state index is -4.31.